The number of halogens is 4. The SMILES string of the molecule is O=C1CCC(N2Cc3c(C(=O)N4CCC(N5CC=C(c6cccc(Cl)c6Cl)CC5)C(F)(F)C4)cccc3C2=O)C(=O)N1. The molecule has 12 heteroatoms. The molecule has 4 amide bonds. The van der Waals surface area contributed by atoms with Gasteiger partial charge in [0.05, 0.1) is 22.6 Å². The van der Waals surface area contributed by atoms with Crippen molar-refractivity contribution in [1.29, 1.82) is 0 Å². The van der Waals surface area contributed by atoms with Crippen LogP contribution in [0.4, 0.5) is 8.78 Å². The average molecular weight is 617 g/mol. The van der Waals surface area contributed by atoms with E-state index in [-0.39, 0.29) is 43.5 Å². The van der Waals surface area contributed by atoms with Crippen molar-refractivity contribution in [2.24, 2.45) is 0 Å². The van der Waals surface area contributed by atoms with Crippen LogP contribution in [0.25, 0.3) is 5.57 Å². The van der Waals surface area contributed by atoms with Crippen molar-refractivity contribution in [3.63, 3.8) is 0 Å². The predicted octanol–water partition coefficient (Wildman–Crippen LogP) is 4.39. The molecule has 2 atom stereocenters. The normalized spacial score (nSPS) is 24.4. The Hall–Kier alpha value is -3.34. The Balaban J connectivity index is 1.15. The van der Waals surface area contributed by atoms with Gasteiger partial charge in [-0.1, -0.05) is 47.5 Å². The Morgan fingerprint density at radius 3 is 2.45 bits per heavy atom. The predicted molar refractivity (Wildman–Crippen MR) is 152 cm³/mol. The minimum Gasteiger partial charge on any atom is -0.332 e. The number of nitrogens with zero attached hydrogens (tertiary/aromatic N) is 3. The van der Waals surface area contributed by atoms with Gasteiger partial charge in [0.2, 0.25) is 11.8 Å². The van der Waals surface area contributed by atoms with Crippen LogP contribution in [0.1, 0.15) is 57.5 Å². The van der Waals surface area contributed by atoms with E-state index < -0.39 is 48.2 Å². The van der Waals surface area contributed by atoms with Crippen LogP contribution < -0.4 is 5.32 Å². The Bertz CT molecular complexity index is 1530. The second kappa shape index (κ2) is 11.1. The van der Waals surface area contributed by atoms with Gasteiger partial charge in [-0.25, -0.2) is 8.78 Å². The summed E-state index contributed by atoms with van der Waals surface area (Å²) >= 11 is 12.5. The van der Waals surface area contributed by atoms with Crippen molar-refractivity contribution < 1.29 is 28.0 Å². The standard InChI is InChI=1S/C30H28Cl2F2N4O4/c31-22-6-2-3-18(26(22)32)17-9-12-36(13-10-17)24-11-14-37(16-30(24,33)34)28(41)19-4-1-5-20-21(19)15-38(29(20)42)23-7-8-25(39)35-27(23)40/h1-6,9,23-24H,7-8,10-16H2,(H,35,39,40). The molecule has 4 aliphatic heterocycles. The topological polar surface area (TPSA) is 90.0 Å². The lowest BCUT2D eigenvalue weighted by atomic mass is 9.93. The molecule has 4 heterocycles. The molecule has 0 radical (unpaired) electrons. The van der Waals surface area contributed by atoms with Crippen LogP contribution in [0.3, 0.4) is 0 Å². The molecule has 0 saturated carbocycles. The lowest BCUT2D eigenvalue weighted by Gasteiger charge is -2.44. The maximum atomic E-state index is 15.6. The van der Waals surface area contributed by atoms with Gasteiger partial charge in [-0.05, 0) is 54.2 Å². The molecule has 2 unspecified atom stereocenters. The highest BCUT2D eigenvalue weighted by atomic mass is 35.5. The summed E-state index contributed by atoms with van der Waals surface area (Å²) in [6, 6.07) is 8.16. The highest BCUT2D eigenvalue weighted by Crippen LogP contribution is 2.38. The Morgan fingerprint density at radius 1 is 0.976 bits per heavy atom. The van der Waals surface area contributed by atoms with E-state index in [1.54, 1.807) is 23.1 Å². The number of amides is 4. The largest absolute Gasteiger partial charge is 0.332 e. The molecule has 8 nitrogen and oxygen atoms in total. The van der Waals surface area contributed by atoms with Gasteiger partial charge in [-0.2, -0.15) is 0 Å². The van der Waals surface area contributed by atoms with E-state index in [1.165, 1.54) is 11.0 Å². The molecule has 1 N–H and O–H groups in total. The molecular formula is C30H28Cl2F2N4O4. The zero-order valence-electron chi connectivity index (χ0n) is 22.5. The van der Waals surface area contributed by atoms with Crippen LogP contribution in [0.15, 0.2) is 42.5 Å². The van der Waals surface area contributed by atoms with Crippen LogP contribution in [0, 0.1) is 0 Å². The van der Waals surface area contributed by atoms with Gasteiger partial charge in [0.25, 0.3) is 17.7 Å². The third-order valence-corrected chi connectivity index (χ3v) is 9.46. The minimum atomic E-state index is -3.15. The maximum Gasteiger partial charge on any atom is 0.280 e. The summed E-state index contributed by atoms with van der Waals surface area (Å²) in [5.74, 6) is -5.10. The molecular weight excluding hydrogens is 589 g/mol. The fourth-order valence-electron chi connectivity index (χ4n) is 6.47. The van der Waals surface area contributed by atoms with Gasteiger partial charge >= 0.3 is 0 Å². The lowest BCUT2D eigenvalue weighted by molar-refractivity contribution is -0.136. The van der Waals surface area contributed by atoms with E-state index in [0.717, 1.165) is 16.0 Å². The fraction of sp³-hybridized carbons (Fsp3) is 0.400. The first-order chi connectivity index (χ1) is 20.0. The number of benzene rings is 2. The van der Waals surface area contributed by atoms with Gasteiger partial charge in [0, 0.05) is 43.7 Å². The second-order valence-corrected chi connectivity index (χ2v) is 11.9. The summed E-state index contributed by atoms with van der Waals surface area (Å²) in [4.78, 5) is 54.9. The number of alkyl halides is 2. The molecule has 220 valence electrons. The van der Waals surface area contributed by atoms with Crippen molar-refractivity contribution >= 4 is 52.4 Å². The number of fused-ring (bicyclic) bond motifs is 1. The van der Waals surface area contributed by atoms with E-state index in [1.807, 2.05) is 18.2 Å². The van der Waals surface area contributed by atoms with Gasteiger partial charge < -0.3 is 9.80 Å². The number of piperidine rings is 2. The number of carbonyl (C=O) groups is 4. The summed E-state index contributed by atoms with van der Waals surface area (Å²) in [6.07, 6.45) is 2.84. The summed E-state index contributed by atoms with van der Waals surface area (Å²) in [6.45, 7) is 0.150. The fourth-order valence-corrected chi connectivity index (χ4v) is 6.89. The Kier molecular flexibility index (Phi) is 7.57. The Morgan fingerprint density at radius 2 is 1.74 bits per heavy atom. The van der Waals surface area contributed by atoms with Gasteiger partial charge in [-0.15, -0.1) is 0 Å². The van der Waals surface area contributed by atoms with Crippen molar-refractivity contribution in [3.8, 4) is 0 Å². The van der Waals surface area contributed by atoms with Crippen molar-refractivity contribution in [2.75, 3.05) is 26.2 Å². The van der Waals surface area contributed by atoms with Crippen molar-refractivity contribution in [3.05, 3.63) is 74.8 Å². The number of hydrogen-bond acceptors (Lipinski definition) is 5. The van der Waals surface area contributed by atoms with Crippen LogP contribution in [0.2, 0.25) is 10.0 Å². The molecule has 0 spiro atoms. The molecule has 2 saturated heterocycles. The first-order valence-electron chi connectivity index (χ1n) is 13.9. The van der Waals surface area contributed by atoms with Gasteiger partial charge in [0.15, 0.2) is 0 Å². The molecule has 2 aromatic rings. The Labute approximate surface area is 251 Å². The number of imide groups is 1. The number of nitrogens with one attached hydrogen (secondary N) is 1. The van der Waals surface area contributed by atoms with Crippen molar-refractivity contribution in [1.82, 2.24) is 20.0 Å². The third kappa shape index (κ3) is 5.09. The lowest BCUT2D eigenvalue weighted by Crippen LogP contribution is -2.60. The molecule has 0 aliphatic carbocycles. The quantitative estimate of drug-likeness (QED) is 0.515. The summed E-state index contributed by atoms with van der Waals surface area (Å²) < 4.78 is 31.2. The van der Waals surface area contributed by atoms with E-state index in [0.29, 0.717) is 35.1 Å². The third-order valence-electron chi connectivity index (χ3n) is 8.64. The zero-order chi connectivity index (χ0) is 29.8. The second-order valence-electron chi connectivity index (χ2n) is 11.1. The van der Waals surface area contributed by atoms with Crippen LogP contribution in [0.5, 0.6) is 0 Å². The van der Waals surface area contributed by atoms with Crippen molar-refractivity contribution in [2.45, 2.75) is 50.2 Å². The summed E-state index contributed by atoms with van der Waals surface area (Å²) in [5, 5.41) is 3.14. The minimum absolute atomic E-state index is 0.00565. The van der Waals surface area contributed by atoms with E-state index in [2.05, 4.69) is 5.32 Å². The van der Waals surface area contributed by atoms with Gasteiger partial charge in [0.1, 0.15) is 6.04 Å². The van der Waals surface area contributed by atoms with Crippen LogP contribution >= 0.6 is 23.2 Å². The zero-order valence-corrected chi connectivity index (χ0v) is 24.1. The van der Waals surface area contributed by atoms with E-state index in [9.17, 15) is 19.2 Å². The molecule has 0 aromatic heterocycles. The van der Waals surface area contributed by atoms with Gasteiger partial charge in [-0.3, -0.25) is 29.4 Å². The van der Waals surface area contributed by atoms with E-state index in [4.69, 9.17) is 23.2 Å². The number of rotatable bonds is 4. The highest BCUT2D eigenvalue weighted by Gasteiger charge is 2.49. The molecule has 6 rings (SSSR count). The smallest absolute Gasteiger partial charge is 0.280 e. The summed E-state index contributed by atoms with van der Waals surface area (Å²) in [5.41, 5.74) is 2.63. The molecule has 2 fully saturated rings. The molecule has 0 bridgehead atoms. The maximum absolute atomic E-state index is 15.6. The molecule has 2 aromatic carbocycles. The first kappa shape index (κ1) is 28.8. The monoisotopic (exact) mass is 616 g/mol. The first-order valence-corrected chi connectivity index (χ1v) is 14.6. The molecule has 4 aliphatic rings. The van der Waals surface area contributed by atoms with E-state index >= 15 is 8.78 Å². The average Bonchev–Trinajstić information content (AvgIpc) is 3.30. The number of hydrogen-bond donors (Lipinski definition) is 1. The molecule has 42 heavy (non-hydrogen) atoms. The highest BCUT2D eigenvalue weighted by molar-refractivity contribution is 6.43. The number of carbonyl (C=O) groups excluding carboxylic acids is 4. The number of likely N-dealkylation sites (tertiary alicyclic amines) is 1. The van der Waals surface area contributed by atoms with Crippen LogP contribution in [-0.2, 0) is 16.1 Å². The summed E-state index contributed by atoms with van der Waals surface area (Å²) in [7, 11) is 0. The van der Waals surface area contributed by atoms with Crippen LogP contribution in [-0.4, -0.2) is 82.5 Å².